The van der Waals surface area contributed by atoms with E-state index in [0.29, 0.717) is 22.3 Å². The van der Waals surface area contributed by atoms with Crippen molar-refractivity contribution in [2.75, 3.05) is 23.0 Å². The number of nitrogens with zero attached hydrogens (tertiary/aromatic N) is 2. The van der Waals surface area contributed by atoms with Crippen LogP contribution in [0.25, 0.3) is 0 Å². The van der Waals surface area contributed by atoms with Crippen molar-refractivity contribution in [2.24, 2.45) is 0 Å². The van der Waals surface area contributed by atoms with E-state index in [1.165, 1.54) is 18.2 Å². The zero-order valence-electron chi connectivity index (χ0n) is 16.6. The van der Waals surface area contributed by atoms with Gasteiger partial charge in [0.05, 0.1) is 23.6 Å². The first kappa shape index (κ1) is 23.5. The predicted octanol–water partition coefficient (Wildman–Crippen LogP) is 4.94. The molecule has 12 heteroatoms. The van der Waals surface area contributed by atoms with Crippen molar-refractivity contribution >= 4 is 45.7 Å². The Labute approximate surface area is 189 Å². The number of carbonyl (C=O) groups is 2. The maximum atomic E-state index is 13.0. The number of nitrogens with one attached hydrogen (secondary N) is 2. The summed E-state index contributed by atoms with van der Waals surface area (Å²) in [5.41, 5.74) is -0.833. The summed E-state index contributed by atoms with van der Waals surface area (Å²) in [5.74, 6) is -0.535. The number of ether oxygens (including phenoxy) is 1. The summed E-state index contributed by atoms with van der Waals surface area (Å²) in [5, 5.41) is 12.8. The third kappa shape index (κ3) is 6.44. The number of aromatic nitrogens is 2. The van der Waals surface area contributed by atoms with Crippen molar-refractivity contribution < 1.29 is 27.5 Å². The first-order valence-corrected chi connectivity index (χ1v) is 11.0. The Morgan fingerprint density at radius 3 is 2.47 bits per heavy atom. The lowest BCUT2D eigenvalue weighted by molar-refractivity contribution is -0.137. The van der Waals surface area contributed by atoms with E-state index in [2.05, 4.69) is 20.8 Å². The summed E-state index contributed by atoms with van der Waals surface area (Å²) in [6.07, 6.45) is -4.58. The van der Waals surface area contributed by atoms with E-state index in [1.54, 1.807) is 24.3 Å². The van der Waals surface area contributed by atoms with E-state index >= 15 is 0 Å². The minimum Gasteiger partial charge on any atom is -0.494 e. The molecule has 32 heavy (non-hydrogen) atoms. The fourth-order valence-corrected chi connectivity index (χ4v) is 4.06. The van der Waals surface area contributed by atoms with E-state index in [0.717, 1.165) is 29.2 Å². The molecule has 0 aliphatic rings. The van der Waals surface area contributed by atoms with Crippen LogP contribution in [-0.4, -0.2) is 34.4 Å². The molecule has 0 spiro atoms. The molecular weight excluding hydrogens is 465 g/mol. The third-order valence-corrected chi connectivity index (χ3v) is 5.86. The van der Waals surface area contributed by atoms with Gasteiger partial charge in [0.2, 0.25) is 11.0 Å². The van der Waals surface area contributed by atoms with Gasteiger partial charge < -0.3 is 10.1 Å². The molecule has 3 aromatic rings. The number of thioether (sulfide) groups is 1. The lowest BCUT2D eigenvalue weighted by Gasteiger charge is -2.13. The number of hydrogen-bond acceptors (Lipinski definition) is 7. The van der Waals surface area contributed by atoms with Crippen molar-refractivity contribution in [3.63, 3.8) is 0 Å². The van der Waals surface area contributed by atoms with Gasteiger partial charge in [-0.3, -0.25) is 14.9 Å². The smallest absolute Gasteiger partial charge is 0.418 e. The molecule has 7 nitrogen and oxygen atoms in total. The molecule has 0 bridgehead atoms. The van der Waals surface area contributed by atoms with Gasteiger partial charge in [-0.2, -0.15) is 13.2 Å². The molecule has 0 unspecified atom stereocenters. The van der Waals surface area contributed by atoms with E-state index in [-0.39, 0.29) is 22.5 Å². The number of benzene rings is 2. The van der Waals surface area contributed by atoms with Crippen LogP contribution in [0.4, 0.5) is 24.0 Å². The van der Waals surface area contributed by atoms with E-state index in [9.17, 15) is 22.8 Å². The lowest BCUT2D eigenvalue weighted by Crippen LogP contribution is -2.18. The maximum absolute atomic E-state index is 13.0. The van der Waals surface area contributed by atoms with Gasteiger partial charge >= 0.3 is 6.18 Å². The summed E-state index contributed by atoms with van der Waals surface area (Å²) in [6.45, 7) is 2.38. The van der Waals surface area contributed by atoms with E-state index in [4.69, 9.17) is 4.74 Å². The number of para-hydroxylation sites is 1. The van der Waals surface area contributed by atoms with Crippen LogP contribution in [-0.2, 0) is 11.0 Å². The Balaban J connectivity index is 1.53. The predicted molar refractivity (Wildman–Crippen MR) is 116 cm³/mol. The zero-order valence-corrected chi connectivity index (χ0v) is 18.2. The van der Waals surface area contributed by atoms with Crippen LogP contribution >= 0.6 is 23.1 Å². The first-order valence-electron chi connectivity index (χ1n) is 9.23. The number of halogens is 3. The van der Waals surface area contributed by atoms with Gasteiger partial charge in [0.15, 0.2) is 4.34 Å². The molecular formula is C20H17F3N4O3S2. The Hall–Kier alpha value is -3.12. The molecule has 0 saturated carbocycles. The molecule has 2 N–H and O–H groups in total. The van der Waals surface area contributed by atoms with Gasteiger partial charge in [0.1, 0.15) is 5.75 Å². The van der Waals surface area contributed by atoms with Crippen LogP contribution in [0.5, 0.6) is 5.75 Å². The van der Waals surface area contributed by atoms with Gasteiger partial charge in [-0.1, -0.05) is 35.2 Å². The summed E-state index contributed by atoms with van der Waals surface area (Å²) < 4.78 is 44.8. The topological polar surface area (TPSA) is 93.2 Å². The van der Waals surface area contributed by atoms with Crippen LogP contribution in [0.3, 0.4) is 0 Å². The van der Waals surface area contributed by atoms with Gasteiger partial charge in [-0.25, -0.2) is 0 Å². The maximum Gasteiger partial charge on any atom is 0.418 e. The highest BCUT2D eigenvalue weighted by Crippen LogP contribution is 2.34. The number of hydrogen-bond donors (Lipinski definition) is 2. The molecule has 0 fully saturated rings. The molecule has 2 aromatic carbocycles. The first-order chi connectivity index (χ1) is 15.3. The minimum absolute atomic E-state index is 0.173. The zero-order chi connectivity index (χ0) is 23.1. The Morgan fingerprint density at radius 2 is 1.78 bits per heavy atom. The molecule has 0 aliphatic carbocycles. The molecule has 3 rings (SSSR count). The Bertz CT molecular complexity index is 1090. The quantitative estimate of drug-likeness (QED) is 0.349. The van der Waals surface area contributed by atoms with Gasteiger partial charge in [-0.05, 0) is 43.3 Å². The average molecular weight is 483 g/mol. The van der Waals surface area contributed by atoms with E-state index in [1.807, 2.05) is 6.92 Å². The van der Waals surface area contributed by atoms with Crippen LogP contribution in [0.2, 0.25) is 0 Å². The SMILES string of the molecule is CCOc1ccc(C(=O)Nc2nnc(SCC(=O)Nc3ccccc3C(F)(F)F)s2)cc1. The van der Waals surface area contributed by atoms with Gasteiger partial charge in [0, 0.05) is 5.56 Å². The average Bonchev–Trinajstić information content (AvgIpc) is 3.20. The van der Waals surface area contributed by atoms with Gasteiger partial charge in [0.25, 0.3) is 5.91 Å². The van der Waals surface area contributed by atoms with Crippen LogP contribution in [0.1, 0.15) is 22.8 Å². The normalized spacial score (nSPS) is 11.1. The molecule has 0 aliphatic heterocycles. The van der Waals surface area contributed by atoms with Crippen molar-refractivity contribution in [1.82, 2.24) is 10.2 Å². The molecule has 0 radical (unpaired) electrons. The number of alkyl halides is 3. The fourth-order valence-electron chi connectivity index (χ4n) is 2.51. The van der Waals surface area contributed by atoms with Crippen LogP contribution in [0.15, 0.2) is 52.9 Å². The van der Waals surface area contributed by atoms with Crippen LogP contribution < -0.4 is 15.4 Å². The van der Waals surface area contributed by atoms with Crippen molar-refractivity contribution in [2.45, 2.75) is 17.4 Å². The number of anilines is 2. The summed E-state index contributed by atoms with van der Waals surface area (Å²) in [6, 6.07) is 11.3. The Morgan fingerprint density at radius 1 is 1.06 bits per heavy atom. The van der Waals surface area contributed by atoms with Crippen LogP contribution in [0, 0.1) is 0 Å². The highest BCUT2D eigenvalue weighted by molar-refractivity contribution is 8.01. The highest BCUT2D eigenvalue weighted by Gasteiger charge is 2.33. The summed E-state index contributed by atoms with van der Waals surface area (Å²) >= 11 is 2.04. The number of amides is 2. The minimum atomic E-state index is -4.58. The van der Waals surface area contributed by atoms with E-state index < -0.39 is 17.6 Å². The Kier molecular flexibility index (Phi) is 7.70. The van der Waals surface area contributed by atoms with Crippen molar-refractivity contribution in [1.29, 1.82) is 0 Å². The molecule has 168 valence electrons. The number of rotatable bonds is 8. The lowest BCUT2D eigenvalue weighted by atomic mass is 10.1. The second-order valence-electron chi connectivity index (χ2n) is 6.16. The third-order valence-electron chi connectivity index (χ3n) is 3.89. The molecule has 0 saturated heterocycles. The number of carbonyl (C=O) groups excluding carboxylic acids is 2. The largest absolute Gasteiger partial charge is 0.494 e. The summed E-state index contributed by atoms with van der Waals surface area (Å²) in [7, 11) is 0. The second-order valence-corrected chi connectivity index (χ2v) is 8.36. The van der Waals surface area contributed by atoms with Gasteiger partial charge in [-0.15, -0.1) is 10.2 Å². The molecule has 2 amide bonds. The fraction of sp³-hybridized carbons (Fsp3) is 0.200. The van der Waals surface area contributed by atoms with Crippen molar-refractivity contribution in [3.05, 3.63) is 59.7 Å². The molecule has 1 aromatic heterocycles. The summed E-state index contributed by atoms with van der Waals surface area (Å²) in [4.78, 5) is 24.4. The molecule has 1 heterocycles. The molecule has 0 atom stereocenters. The highest BCUT2D eigenvalue weighted by atomic mass is 32.2. The monoisotopic (exact) mass is 482 g/mol. The van der Waals surface area contributed by atoms with Crippen molar-refractivity contribution in [3.8, 4) is 5.75 Å². The second kappa shape index (κ2) is 10.5. The standard InChI is InChI=1S/C20H17F3N4O3S2/c1-2-30-13-9-7-12(8-10-13)17(29)25-18-26-27-19(32-18)31-11-16(28)24-15-6-4-3-5-14(15)20(21,22)23/h3-10H,2,11H2,1H3,(H,24,28)(H,25,26,29).